The molecule has 1 aliphatic heterocycles. The van der Waals surface area contributed by atoms with Gasteiger partial charge in [-0.05, 0) is 26.3 Å². The highest BCUT2D eigenvalue weighted by atomic mass is 15.1. The van der Waals surface area contributed by atoms with Crippen LogP contribution < -0.4 is 11.1 Å². The summed E-state index contributed by atoms with van der Waals surface area (Å²) >= 11 is 0. The van der Waals surface area contributed by atoms with E-state index in [-0.39, 0.29) is 5.54 Å². The Morgan fingerprint density at radius 2 is 2.31 bits per heavy atom. The van der Waals surface area contributed by atoms with Gasteiger partial charge in [-0.2, -0.15) is 0 Å². The van der Waals surface area contributed by atoms with E-state index in [0.29, 0.717) is 11.5 Å². The van der Waals surface area contributed by atoms with Crippen LogP contribution in [0.4, 0.5) is 5.82 Å². The molecule has 3 rings (SSSR count). The average Bonchev–Trinajstić information content (AvgIpc) is 2.85. The second-order valence-electron chi connectivity index (χ2n) is 4.41. The van der Waals surface area contributed by atoms with E-state index >= 15 is 0 Å². The van der Waals surface area contributed by atoms with Crippen molar-refractivity contribution in [2.24, 2.45) is 0 Å². The molecule has 1 unspecified atom stereocenters. The first kappa shape index (κ1) is 9.53. The Kier molecular flexibility index (Phi) is 1.88. The Morgan fingerprint density at radius 3 is 3.00 bits per heavy atom. The van der Waals surface area contributed by atoms with Crippen molar-refractivity contribution in [1.82, 2.24) is 25.3 Å². The molecule has 0 saturated carbocycles. The molecule has 0 spiro atoms. The molecule has 0 aromatic carbocycles. The van der Waals surface area contributed by atoms with E-state index in [1.54, 1.807) is 0 Å². The first-order chi connectivity index (χ1) is 7.69. The Hall–Kier alpha value is -1.69. The van der Waals surface area contributed by atoms with Crippen molar-refractivity contribution in [3.63, 3.8) is 0 Å². The lowest BCUT2D eigenvalue weighted by Gasteiger charge is -2.20. The van der Waals surface area contributed by atoms with E-state index < -0.39 is 0 Å². The maximum atomic E-state index is 5.77. The van der Waals surface area contributed by atoms with Gasteiger partial charge in [0.1, 0.15) is 17.7 Å². The zero-order valence-electron chi connectivity index (χ0n) is 9.12. The van der Waals surface area contributed by atoms with Crippen LogP contribution >= 0.6 is 0 Å². The number of rotatable bonds is 1. The molecule has 1 fully saturated rings. The van der Waals surface area contributed by atoms with Crippen LogP contribution in [0.15, 0.2) is 6.33 Å². The summed E-state index contributed by atoms with van der Waals surface area (Å²) in [5, 5.41) is 3.45. The van der Waals surface area contributed by atoms with Crippen molar-refractivity contribution < 1.29 is 0 Å². The van der Waals surface area contributed by atoms with E-state index in [1.165, 1.54) is 6.33 Å². The number of nitrogens with two attached hydrogens (primary N) is 1. The average molecular weight is 218 g/mol. The van der Waals surface area contributed by atoms with Gasteiger partial charge in [0.2, 0.25) is 0 Å². The Morgan fingerprint density at radius 1 is 1.44 bits per heavy atom. The van der Waals surface area contributed by atoms with Gasteiger partial charge in [0, 0.05) is 0 Å². The van der Waals surface area contributed by atoms with Gasteiger partial charge in [0.15, 0.2) is 11.5 Å². The number of nitrogen functional groups attached to an aromatic ring is 1. The molecule has 2 aromatic rings. The lowest BCUT2D eigenvalue weighted by atomic mass is 10.00. The smallest absolute Gasteiger partial charge is 0.183 e. The fourth-order valence-corrected chi connectivity index (χ4v) is 2.20. The summed E-state index contributed by atoms with van der Waals surface area (Å²) in [6, 6.07) is 0. The van der Waals surface area contributed by atoms with Gasteiger partial charge < -0.3 is 16.0 Å². The first-order valence-corrected chi connectivity index (χ1v) is 5.41. The molecule has 1 aliphatic rings. The second kappa shape index (κ2) is 3.15. The Bertz CT molecular complexity index is 525. The summed E-state index contributed by atoms with van der Waals surface area (Å²) in [4.78, 5) is 15.7. The topological polar surface area (TPSA) is 92.5 Å². The molecule has 16 heavy (non-hydrogen) atoms. The number of fused-ring (bicyclic) bond motifs is 1. The van der Waals surface area contributed by atoms with E-state index in [2.05, 4.69) is 32.2 Å². The zero-order chi connectivity index (χ0) is 11.2. The molecule has 0 amide bonds. The highest BCUT2D eigenvalue weighted by Gasteiger charge is 2.33. The molecule has 4 N–H and O–H groups in total. The highest BCUT2D eigenvalue weighted by Crippen LogP contribution is 2.29. The fourth-order valence-electron chi connectivity index (χ4n) is 2.20. The summed E-state index contributed by atoms with van der Waals surface area (Å²) in [7, 11) is 0. The summed E-state index contributed by atoms with van der Waals surface area (Å²) < 4.78 is 0. The van der Waals surface area contributed by atoms with Crippen LogP contribution in [0, 0.1) is 0 Å². The predicted octanol–water partition coefficient (Wildman–Crippen LogP) is 0.534. The summed E-state index contributed by atoms with van der Waals surface area (Å²) in [6.07, 6.45) is 3.67. The number of hydrogen-bond acceptors (Lipinski definition) is 5. The number of aromatic nitrogens is 4. The molecule has 6 nitrogen and oxygen atoms in total. The number of aromatic amines is 1. The Labute approximate surface area is 92.7 Å². The largest absolute Gasteiger partial charge is 0.382 e. The minimum absolute atomic E-state index is 0.0901. The maximum Gasteiger partial charge on any atom is 0.183 e. The minimum atomic E-state index is -0.0901. The lowest BCUT2D eigenvalue weighted by molar-refractivity contribution is 0.412. The van der Waals surface area contributed by atoms with Crippen molar-refractivity contribution in [3.05, 3.63) is 12.2 Å². The maximum absolute atomic E-state index is 5.77. The number of nitrogens with zero attached hydrogens (tertiary/aromatic N) is 3. The van der Waals surface area contributed by atoms with Crippen molar-refractivity contribution >= 4 is 17.0 Å². The normalized spacial score (nSPS) is 25.3. The molecule has 0 bridgehead atoms. The van der Waals surface area contributed by atoms with Gasteiger partial charge in [0.05, 0.1) is 5.54 Å². The van der Waals surface area contributed by atoms with E-state index in [0.717, 1.165) is 30.7 Å². The van der Waals surface area contributed by atoms with Gasteiger partial charge in [-0.25, -0.2) is 15.0 Å². The summed E-state index contributed by atoms with van der Waals surface area (Å²) in [5.41, 5.74) is 7.04. The van der Waals surface area contributed by atoms with E-state index in [9.17, 15) is 0 Å². The van der Waals surface area contributed by atoms with Crippen molar-refractivity contribution in [1.29, 1.82) is 0 Å². The van der Waals surface area contributed by atoms with Crippen LogP contribution in [0.3, 0.4) is 0 Å². The van der Waals surface area contributed by atoms with Crippen LogP contribution in [-0.2, 0) is 5.54 Å². The second-order valence-corrected chi connectivity index (χ2v) is 4.41. The number of anilines is 1. The first-order valence-electron chi connectivity index (χ1n) is 5.41. The van der Waals surface area contributed by atoms with Crippen LogP contribution in [0.1, 0.15) is 25.6 Å². The van der Waals surface area contributed by atoms with Crippen LogP contribution in [0.5, 0.6) is 0 Å². The molecule has 0 radical (unpaired) electrons. The number of nitrogens with one attached hydrogen (secondary N) is 2. The van der Waals surface area contributed by atoms with Gasteiger partial charge in [-0.3, -0.25) is 0 Å². The predicted molar refractivity (Wildman–Crippen MR) is 60.7 cm³/mol. The monoisotopic (exact) mass is 218 g/mol. The number of imidazole rings is 1. The molecule has 6 heteroatoms. The van der Waals surface area contributed by atoms with Crippen LogP contribution in [0.25, 0.3) is 11.2 Å². The van der Waals surface area contributed by atoms with E-state index in [4.69, 9.17) is 5.73 Å². The quantitative estimate of drug-likeness (QED) is 0.649. The molecule has 3 heterocycles. The van der Waals surface area contributed by atoms with Gasteiger partial charge in [-0.1, -0.05) is 0 Å². The van der Waals surface area contributed by atoms with Crippen molar-refractivity contribution in [2.45, 2.75) is 25.3 Å². The third kappa shape index (κ3) is 1.26. The summed E-state index contributed by atoms with van der Waals surface area (Å²) in [6.45, 7) is 3.16. The zero-order valence-corrected chi connectivity index (χ0v) is 9.12. The molecule has 1 atom stereocenters. The highest BCUT2D eigenvalue weighted by molar-refractivity contribution is 5.81. The number of H-pyrrole nitrogens is 1. The Balaban J connectivity index is 2.15. The van der Waals surface area contributed by atoms with Gasteiger partial charge >= 0.3 is 0 Å². The third-order valence-corrected chi connectivity index (χ3v) is 3.21. The molecule has 1 saturated heterocycles. The fraction of sp³-hybridized carbons (Fsp3) is 0.500. The standard InChI is InChI=1S/C10H14N6/c1-10(3-2-4-14-10)9-15-6-7(11)12-5-13-8(6)16-9/h5,14H,2-4H2,1H3,(H3,11,12,13,15,16). The number of hydrogen-bond donors (Lipinski definition) is 3. The molecular weight excluding hydrogens is 204 g/mol. The van der Waals surface area contributed by atoms with Crippen molar-refractivity contribution in [2.75, 3.05) is 12.3 Å². The molecule has 84 valence electrons. The summed E-state index contributed by atoms with van der Waals surface area (Å²) in [5.74, 6) is 1.34. The van der Waals surface area contributed by atoms with Crippen LogP contribution in [-0.4, -0.2) is 26.5 Å². The lowest BCUT2D eigenvalue weighted by Crippen LogP contribution is -2.34. The molecule has 0 aliphatic carbocycles. The van der Waals surface area contributed by atoms with Crippen LogP contribution in [0.2, 0.25) is 0 Å². The van der Waals surface area contributed by atoms with Crippen molar-refractivity contribution in [3.8, 4) is 0 Å². The third-order valence-electron chi connectivity index (χ3n) is 3.21. The van der Waals surface area contributed by atoms with Gasteiger partial charge in [0.25, 0.3) is 0 Å². The SMILES string of the molecule is CC1(c2nc3ncnc(N)c3[nH]2)CCCN1. The minimum Gasteiger partial charge on any atom is -0.382 e. The van der Waals surface area contributed by atoms with E-state index in [1.807, 2.05) is 0 Å². The molecule has 2 aromatic heterocycles. The molecular formula is C10H14N6. The van der Waals surface area contributed by atoms with Gasteiger partial charge in [-0.15, -0.1) is 0 Å².